The molecule has 6 heteroatoms. The van der Waals surface area contributed by atoms with Crippen LogP contribution in [0, 0.1) is 0 Å². The third-order valence-electron chi connectivity index (χ3n) is 3.09. The minimum atomic E-state index is -0.477. The molecule has 0 spiro atoms. The minimum absolute atomic E-state index is 0.212. The van der Waals surface area contributed by atoms with Gasteiger partial charge in [0.15, 0.2) is 5.69 Å². The number of methoxy groups -OCH3 is 1. The molecule has 2 heterocycles. The van der Waals surface area contributed by atoms with E-state index in [-0.39, 0.29) is 5.69 Å². The Morgan fingerprint density at radius 1 is 1.47 bits per heavy atom. The molecule has 0 bridgehead atoms. The summed E-state index contributed by atoms with van der Waals surface area (Å²) in [5.41, 5.74) is 0.212. The van der Waals surface area contributed by atoms with Gasteiger partial charge in [0, 0.05) is 13.2 Å². The number of hydrogen-bond acceptors (Lipinski definition) is 6. The number of carbonyl (C=O) groups is 1. The van der Waals surface area contributed by atoms with Crippen molar-refractivity contribution < 1.29 is 14.3 Å². The van der Waals surface area contributed by atoms with Crippen molar-refractivity contribution in [2.75, 3.05) is 25.6 Å². The fourth-order valence-electron chi connectivity index (χ4n) is 2.03. The molecule has 1 atom stereocenters. The molecule has 2 rings (SSSR count). The Labute approximate surface area is 112 Å². The summed E-state index contributed by atoms with van der Waals surface area (Å²) < 4.78 is 10.2. The van der Waals surface area contributed by atoms with E-state index in [0.29, 0.717) is 11.9 Å². The lowest BCUT2D eigenvalue weighted by Crippen LogP contribution is -2.22. The fourth-order valence-corrected chi connectivity index (χ4v) is 2.03. The third kappa shape index (κ3) is 4.17. The molecule has 0 aliphatic carbocycles. The van der Waals surface area contributed by atoms with Crippen molar-refractivity contribution in [2.45, 2.75) is 31.8 Å². The molecular formula is C13H19N3O3. The molecule has 1 aliphatic rings. The number of nitrogens with one attached hydrogen (secondary N) is 1. The van der Waals surface area contributed by atoms with E-state index < -0.39 is 5.97 Å². The predicted molar refractivity (Wildman–Crippen MR) is 70.1 cm³/mol. The number of carbonyl (C=O) groups excluding carboxylic acids is 1. The zero-order chi connectivity index (χ0) is 13.5. The van der Waals surface area contributed by atoms with Gasteiger partial charge in [-0.25, -0.2) is 14.8 Å². The summed E-state index contributed by atoms with van der Waals surface area (Å²) in [6, 6.07) is 0. The average molecular weight is 265 g/mol. The van der Waals surface area contributed by atoms with Gasteiger partial charge in [0.2, 0.25) is 0 Å². The van der Waals surface area contributed by atoms with Crippen molar-refractivity contribution in [3.63, 3.8) is 0 Å². The number of esters is 1. The second-order valence-electron chi connectivity index (χ2n) is 4.48. The van der Waals surface area contributed by atoms with Crippen LogP contribution in [-0.4, -0.2) is 42.3 Å². The molecule has 1 unspecified atom stereocenters. The Kier molecular flexibility index (Phi) is 5.09. The van der Waals surface area contributed by atoms with Gasteiger partial charge in [-0.05, 0) is 25.7 Å². The van der Waals surface area contributed by atoms with Gasteiger partial charge >= 0.3 is 5.97 Å². The van der Waals surface area contributed by atoms with Gasteiger partial charge in [0.1, 0.15) is 5.82 Å². The summed E-state index contributed by atoms with van der Waals surface area (Å²) >= 11 is 0. The number of rotatable bonds is 5. The van der Waals surface area contributed by atoms with Gasteiger partial charge in [-0.15, -0.1) is 0 Å². The Morgan fingerprint density at radius 3 is 3.00 bits per heavy atom. The second-order valence-corrected chi connectivity index (χ2v) is 4.48. The molecule has 6 nitrogen and oxygen atoms in total. The average Bonchev–Trinajstić information content (AvgIpc) is 2.48. The van der Waals surface area contributed by atoms with E-state index in [4.69, 9.17) is 4.74 Å². The molecule has 1 saturated heterocycles. The van der Waals surface area contributed by atoms with E-state index in [2.05, 4.69) is 20.0 Å². The Bertz CT molecular complexity index is 402. The monoisotopic (exact) mass is 265 g/mol. The van der Waals surface area contributed by atoms with Crippen LogP contribution < -0.4 is 5.32 Å². The van der Waals surface area contributed by atoms with E-state index in [9.17, 15) is 4.79 Å². The number of aromatic nitrogens is 2. The smallest absolute Gasteiger partial charge is 0.358 e. The Balaban J connectivity index is 1.75. The molecule has 1 fully saturated rings. The first-order valence-electron chi connectivity index (χ1n) is 6.55. The van der Waals surface area contributed by atoms with Crippen LogP contribution in [0.4, 0.5) is 5.82 Å². The first-order chi connectivity index (χ1) is 9.29. The molecule has 1 aromatic rings. The minimum Gasteiger partial charge on any atom is -0.464 e. The maximum absolute atomic E-state index is 11.2. The van der Waals surface area contributed by atoms with Crippen LogP contribution in [0.2, 0.25) is 0 Å². The maximum Gasteiger partial charge on any atom is 0.358 e. The van der Waals surface area contributed by atoms with Gasteiger partial charge in [0.25, 0.3) is 0 Å². The number of ether oxygens (including phenoxy) is 2. The van der Waals surface area contributed by atoms with Crippen LogP contribution in [0.25, 0.3) is 0 Å². The molecule has 19 heavy (non-hydrogen) atoms. The van der Waals surface area contributed by atoms with Crippen molar-refractivity contribution in [3.8, 4) is 0 Å². The molecule has 1 aromatic heterocycles. The fraction of sp³-hybridized carbons (Fsp3) is 0.615. The summed E-state index contributed by atoms with van der Waals surface area (Å²) in [7, 11) is 1.32. The first kappa shape index (κ1) is 13.7. The highest BCUT2D eigenvalue weighted by Crippen LogP contribution is 2.15. The lowest BCUT2D eigenvalue weighted by atomic mass is 10.1. The van der Waals surface area contributed by atoms with Crippen molar-refractivity contribution in [1.82, 2.24) is 9.97 Å². The molecule has 0 saturated carbocycles. The standard InChI is InChI=1S/C13H19N3O3/c1-18-13(17)11-8-16-12(9-15-11)14-6-5-10-4-2-3-7-19-10/h8-10H,2-7H2,1H3,(H,14,16). The van der Waals surface area contributed by atoms with Crippen molar-refractivity contribution in [3.05, 3.63) is 18.1 Å². The largest absolute Gasteiger partial charge is 0.464 e. The van der Waals surface area contributed by atoms with Crippen molar-refractivity contribution >= 4 is 11.8 Å². The topological polar surface area (TPSA) is 73.3 Å². The summed E-state index contributed by atoms with van der Waals surface area (Å²) in [5.74, 6) is 0.179. The van der Waals surface area contributed by atoms with Crippen LogP contribution in [0.1, 0.15) is 36.2 Å². The summed E-state index contributed by atoms with van der Waals surface area (Å²) in [6.45, 7) is 1.66. The first-order valence-corrected chi connectivity index (χ1v) is 6.55. The van der Waals surface area contributed by atoms with E-state index in [1.807, 2.05) is 0 Å². The van der Waals surface area contributed by atoms with E-state index in [0.717, 1.165) is 26.0 Å². The van der Waals surface area contributed by atoms with Gasteiger partial charge in [0.05, 0.1) is 25.6 Å². The SMILES string of the molecule is COC(=O)c1cnc(NCCC2CCCCO2)cn1. The maximum atomic E-state index is 11.2. The lowest BCUT2D eigenvalue weighted by molar-refractivity contribution is 0.0134. The molecular weight excluding hydrogens is 246 g/mol. The summed E-state index contributed by atoms with van der Waals surface area (Å²) in [4.78, 5) is 19.3. The van der Waals surface area contributed by atoms with Crippen LogP contribution in [-0.2, 0) is 9.47 Å². The summed E-state index contributed by atoms with van der Waals surface area (Å²) in [5, 5.41) is 3.17. The van der Waals surface area contributed by atoms with Gasteiger partial charge in [-0.1, -0.05) is 0 Å². The zero-order valence-electron chi connectivity index (χ0n) is 11.1. The molecule has 1 aliphatic heterocycles. The van der Waals surface area contributed by atoms with E-state index >= 15 is 0 Å². The van der Waals surface area contributed by atoms with Crippen LogP contribution in [0.15, 0.2) is 12.4 Å². The molecule has 104 valence electrons. The van der Waals surface area contributed by atoms with Gasteiger partial charge < -0.3 is 14.8 Å². The van der Waals surface area contributed by atoms with Crippen molar-refractivity contribution in [1.29, 1.82) is 0 Å². The van der Waals surface area contributed by atoms with Gasteiger partial charge in [-0.2, -0.15) is 0 Å². The number of hydrogen-bond donors (Lipinski definition) is 1. The summed E-state index contributed by atoms with van der Waals surface area (Å²) in [6.07, 6.45) is 7.81. The van der Waals surface area contributed by atoms with Crippen molar-refractivity contribution in [2.24, 2.45) is 0 Å². The lowest BCUT2D eigenvalue weighted by Gasteiger charge is -2.22. The van der Waals surface area contributed by atoms with E-state index in [1.165, 1.54) is 32.3 Å². The quantitative estimate of drug-likeness (QED) is 0.816. The number of nitrogens with zero attached hydrogens (tertiary/aromatic N) is 2. The molecule has 0 amide bonds. The predicted octanol–water partition coefficient (Wildman–Crippen LogP) is 1.63. The Morgan fingerprint density at radius 2 is 2.37 bits per heavy atom. The van der Waals surface area contributed by atoms with Crippen LogP contribution >= 0.6 is 0 Å². The molecule has 0 aromatic carbocycles. The highest BCUT2D eigenvalue weighted by molar-refractivity contribution is 5.86. The van der Waals surface area contributed by atoms with Crippen LogP contribution in [0.5, 0.6) is 0 Å². The third-order valence-corrected chi connectivity index (χ3v) is 3.09. The zero-order valence-corrected chi connectivity index (χ0v) is 11.1. The Hall–Kier alpha value is -1.69. The normalized spacial score (nSPS) is 18.9. The highest BCUT2D eigenvalue weighted by atomic mass is 16.5. The van der Waals surface area contributed by atoms with Crippen LogP contribution in [0.3, 0.4) is 0 Å². The molecule has 1 N–H and O–H groups in total. The molecule has 0 radical (unpaired) electrons. The number of anilines is 1. The second kappa shape index (κ2) is 7.04. The van der Waals surface area contributed by atoms with E-state index in [1.54, 1.807) is 0 Å². The van der Waals surface area contributed by atoms with Gasteiger partial charge in [-0.3, -0.25) is 0 Å². The highest BCUT2D eigenvalue weighted by Gasteiger charge is 2.13.